The molecule has 1 amide bonds. The van der Waals surface area contributed by atoms with E-state index in [0.717, 1.165) is 51.2 Å². The number of nitrogens with two attached hydrogens (primary N) is 1. The summed E-state index contributed by atoms with van der Waals surface area (Å²) in [4.78, 5) is 57.7. The van der Waals surface area contributed by atoms with Crippen molar-refractivity contribution in [3.05, 3.63) is 54.8 Å². The molecule has 4 N–H and O–H groups in total. The molecule has 0 bridgehead atoms. The highest BCUT2D eigenvalue weighted by atomic mass is 16.2. The molecule has 0 heterocycles. The number of Topliss-reactive ketones (excluding diaryl/α,β-unsaturated/α-hetero) is 3. The van der Waals surface area contributed by atoms with Crippen LogP contribution in [0.4, 0.5) is 0 Å². The topological polar surface area (TPSA) is 135 Å². The fraction of sp³-hybridized carbons (Fsp3) is 0.774. The minimum Gasteiger partial charge on any atom is -0.346 e. The predicted molar refractivity (Wildman–Crippen MR) is 313 cm³/mol. The molecule has 0 aliphatic heterocycles. The van der Waals surface area contributed by atoms with Gasteiger partial charge in [-0.1, -0.05) is 214 Å². The van der Waals surface area contributed by atoms with Crippen molar-refractivity contribution in [2.45, 2.75) is 274 Å². The van der Waals surface area contributed by atoms with Gasteiger partial charge in [0.1, 0.15) is 12.1 Å². The third kappa shape index (κ3) is 44.7. The quantitative estimate of drug-likeness (QED) is 0.0196. The number of amides is 1. The second-order valence-corrected chi connectivity index (χ2v) is 17.5. The Hall–Kier alpha value is -3.19. The second kappa shape index (κ2) is 58.4. The van der Waals surface area contributed by atoms with Crippen molar-refractivity contribution in [2.75, 3.05) is 6.54 Å². The number of allylic oxidation sites excluding steroid dienone is 4. The number of hydrogen-bond donors (Lipinski definition) is 3. The van der Waals surface area contributed by atoms with E-state index in [1.165, 1.54) is 63.4 Å². The first-order chi connectivity index (χ1) is 33.4. The molecule has 0 radical (unpaired) electrons. The van der Waals surface area contributed by atoms with Gasteiger partial charge in [0, 0.05) is 36.6 Å². The predicted octanol–water partition coefficient (Wildman–Crippen LogP) is 17.7. The number of ketones is 3. The molecule has 70 heavy (non-hydrogen) atoms. The zero-order valence-electron chi connectivity index (χ0n) is 51.0. The highest BCUT2D eigenvalue weighted by Gasteiger charge is 2.43. The molecule has 0 aromatic heterocycles. The van der Waals surface area contributed by atoms with E-state index in [-0.39, 0.29) is 35.2 Å². The zero-order chi connectivity index (χ0) is 56.8. The number of hydrazine groups is 1. The van der Waals surface area contributed by atoms with E-state index in [0.29, 0.717) is 29.1 Å². The molecule has 0 spiro atoms. The van der Waals surface area contributed by atoms with E-state index in [1.54, 1.807) is 19.1 Å². The Morgan fingerprint density at radius 2 is 1.30 bits per heavy atom. The van der Waals surface area contributed by atoms with Crippen molar-refractivity contribution in [3.63, 3.8) is 0 Å². The smallest absolute Gasteiger partial charge is 0.287 e. The molecule has 8 nitrogen and oxygen atoms in total. The average Bonchev–Trinajstić information content (AvgIpc) is 4.35. The van der Waals surface area contributed by atoms with E-state index < -0.39 is 11.9 Å². The highest BCUT2D eigenvalue weighted by molar-refractivity contribution is 6.36. The Bertz CT molecular complexity index is 1330. The molecule has 0 aromatic rings. The summed E-state index contributed by atoms with van der Waals surface area (Å²) in [5.74, 6) is 5.46. The summed E-state index contributed by atoms with van der Waals surface area (Å²) in [6, 6.07) is -0.471. The first-order valence-corrected chi connectivity index (χ1v) is 28.4. The van der Waals surface area contributed by atoms with Gasteiger partial charge in [0.25, 0.3) is 5.91 Å². The van der Waals surface area contributed by atoms with Crippen LogP contribution in [-0.2, 0) is 24.0 Å². The number of hydrogen-bond acceptors (Lipinski definition) is 7. The van der Waals surface area contributed by atoms with E-state index in [2.05, 4.69) is 85.0 Å². The van der Waals surface area contributed by atoms with Crippen LogP contribution >= 0.6 is 0 Å². The summed E-state index contributed by atoms with van der Waals surface area (Å²) in [5.41, 5.74) is 7.39. The summed E-state index contributed by atoms with van der Waals surface area (Å²) >= 11 is 0. The van der Waals surface area contributed by atoms with Gasteiger partial charge in [-0.2, -0.15) is 0 Å². The fourth-order valence-corrected chi connectivity index (χ4v) is 7.33. The summed E-state index contributed by atoms with van der Waals surface area (Å²) in [7, 11) is 0. The summed E-state index contributed by atoms with van der Waals surface area (Å²) in [6.45, 7) is 54.7. The van der Waals surface area contributed by atoms with Crippen LogP contribution in [-0.4, -0.2) is 42.1 Å². The van der Waals surface area contributed by atoms with Gasteiger partial charge in [0.05, 0.1) is 6.04 Å². The second-order valence-electron chi connectivity index (χ2n) is 17.5. The van der Waals surface area contributed by atoms with E-state index in [9.17, 15) is 24.0 Å². The van der Waals surface area contributed by atoms with E-state index in [1.807, 2.05) is 115 Å². The van der Waals surface area contributed by atoms with Gasteiger partial charge >= 0.3 is 0 Å². The van der Waals surface area contributed by atoms with Crippen LogP contribution in [0.25, 0.3) is 0 Å². The molecule has 2 aliphatic rings. The first kappa shape index (κ1) is 83.7. The Kier molecular flexibility index (Phi) is 69.8. The molecular weight excluding hydrogens is 867 g/mol. The van der Waals surface area contributed by atoms with Crippen molar-refractivity contribution in [3.8, 4) is 0 Å². The lowest BCUT2D eigenvalue weighted by atomic mass is 9.72. The highest BCUT2D eigenvalue weighted by Crippen LogP contribution is 2.53. The largest absolute Gasteiger partial charge is 0.346 e. The third-order valence-corrected chi connectivity index (χ3v) is 12.0. The van der Waals surface area contributed by atoms with Gasteiger partial charge in [-0.05, 0) is 101 Å². The number of aldehydes is 1. The normalized spacial score (nSPS) is 13.6. The maximum atomic E-state index is 12.6. The first-order valence-electron chi connectivity index (χ1n) is 28.4. The summed E-state index contributed by atoms with van der Waals surface area (Å²) in [6.07, 6.45) is 27.7. The summed E-state index contributed by atoms with van der Waals surface area (Å²) in [5, 5.41) is 2.53. The average molecular weight is 991 g/mol. The molecule has 2 saturated carbocycles. The zero-order valence-corrected chi connectivity index (χ0v) is 51.0. The Morgan fingerprint density at radius 3 is 1.59 bits per heavy atom. The van der Waals surface area contributed by atoms with Gasteiger partial charge in [0.15, 0.2) is 5.78 Å². The lowest BCUT2D eigenvalue weighted by Crippen LogP contribution is -2.52. The van der Waals surface area contributed by atoms with Gasteiger partial charge in [-0.15, -0.1) is 12.3 Å². The third-order valence-electron chi connectivity index (χ3n) is 12.0. The SMILES string of the molecule is C/C=C\C(CC)(CC)[C@H](NN)C(=O)CC(C=O)/C=C\CC.C=C=C(C)CC1(CC(C)=O)CC1.C=CCNC(=O)C(=O)C(CC)CC1CC1.CC.CC.CC.CC.CC.CCC.CCCC(C)(CC)CC. The lowest BCUT2D eigenvalue weighted by Gasteiger charge is -2.36. The molecule has 0 aromatic carbocycles. The van der Waals surface area contributed by atoms with Crippen LogP contribution in [0.1, 0.15) is 268 Å². The standard InChI is InChI=1S/C17H30N2O2.C12H19NO2.C11H16O.C9H20.C3H8.5C2H6/c1-5-9-10-14(13-20)12-15(21)16(19-18)17(7-3,8-4)11-6-2;1-3-7-13-12(15)11(14)10(4-2)8-9-5-6-9;1-4-9(2)7-11(5-6-11)8-10(3)12;1-5-8-9(4,6-2)7-3;1-3-2;5*1-2/h6,9-11,13-14,16,19H,5,7-8,12,18H2,1-4H3;3,9-10H,1,4-8H2,2H3,(H,13,15);1,5-8H2,2-3H3;5-8H2,1-4H3;3H2,1-2H3;5*1-2H3/b10-9-,11-6-;;;;;;;;;/t14?,16-;;;;;;;;;/m1........./s1. The van der Waals surface area contributed by atoms with Crippen LogP contribution in [0.5, 0.6) is 0 Å². The fourth-order valence-electron chi connectivity index (χ4n) is 7.33. The van der Waals surface area contributed by atoms with Crippen LogP contribution in [0.3, 0.4) is 0 Å². The maximum absolute atomic E-state index is 12.6. The number of carbonyl (C=O) groups excluding carboxylic acids is 5. The minimum absolute atomic E-state index is 0.0165. The van der Waals surface area contributed by atoms with Crippen LogP contribution in [0.15, 0.2) is 54.8 Å². The lowest BCUT2D eigenvalue weighted by molar-refractivity contribution is -0.140. The van der Waals surface area contributed by atoms with Crippen molar-refractivity contribution >= 4 is 29.5 Å². The monoisotopic (exact) mass is 990 g/mol. The Balaban J connectivity index is -0.000000116. The molecule has 8 heteroatoms. The molecule has 3 atom stereocenters. The van der Waals surface area contributed by atoms with Gasteiger partial charge in [-0.3, -0.25) is 20.2 Å². The molecule has 2 aliphatic carbocycles. The van der Waals surface area contributed by atoms with Crippen molar-refractivity contribution < 1.29 is 24.0 Å². The van der Waals surface area contributed by atoms with Crippen LogP contribution in [0.2, 0.25) is 0 Å². The number of nitrogens with one attached hydrogen (secondary N) is 2. The van der Waals surface area contributed by atoms with Crippen LogP contribution in [0, 0.1) is 34.0 Å². The van der Waals surface area contributed by atoms with E-state index >= 15 is 0 Å². The maximum Gasteiger partial charge on any atom is 0.287 e. The molecule has 2 fully saturated rings. The molecular formula is C62H123N3O5. The number of carbonyl (C=O) groups is 5. The Morgan fingerprint density at radius 1 is 0.814 bits per heavy atom. The van der Waals surface area contributed by atoms with Gasteiger partial charge < -0.3 is 14.9 Å². The molecule has 2 unspecified atom stereocenters. The van der Waals surface area contributed by atoms with E-state index in [4.69, 9.17) is 5.84 Å². The summed E-state index contributed by atoms with van der Waals surface area (Å²) < 4.78 is 0. The van der Waals surface area contributed by atoms with Crippen molar-refractivity contribution in [1.29, 1.82) is 0 Å². The molecule has 2 rings (SSSR count). The minimum atomic E-state index is -0.471. The van der Waals surface area contributed by atoms with Crippen molar-refractivity contribution in [1.82, 2.24) is 10.7 Å². The van der Waals surface area contributed by atoms with Gasteiger partial charge in [-0.25, -0.2) is 5.43 Å². The molecule has 416 valence electrons. The van der Waals surface area contributed by atoms with Crippen molar-refractivity contribution in [2.24, 2.45) is 39.8 Å². The number of rotatable bonds is 26. The Labute approximate surface area is 438 Å². The van der Waals surface area contributed by atoms with Crippen LogP contribution < -0.4 is 16.6 Å². The van der Waals surface area contributed by atoms with Gasteiger partial charge in [0.2, 0.25) is 5.78 Å². The molecule has 0 saturated heterocycles.